The van der Waals surface area contributed by atoms with Gasteiger partial charge in [-0.3, -0.25) is 0 Å². The summed E-state index contributed by atoms with van der Waals surface area (Å²) in [6.45, 7) is 8.11. The Morgan fingerprint density at radius 1 is 1.44 bits per heavy atom. The number of anilines is 1. The molecule has 1 aromatic rings. The summed E-state index contributed by atoms with van der Waals surface area (Å²) in [6.07, 6.45) is 0.848. The van der Waals surface area contributed by atoms with Crippen molar-refractivity contribution in [3.8, 4) is 0 Å². The molecule has 1 aromatic carbocycles. The van der Waals surface area contributed by atoms with Crippen LogP contribution in [0.1, 0.15) is 32.8 Å². The predicted octanol–water partition coefficient (Wildman–Crippen LogP) is 4.51. The smallest absolute Gasteiger partial charge is 0.139 e. The van der Waals surface area contributed by atoms with Gasteiger partial charge in [0.2, 0.25) is 0 Å². The molecule has 1 atom stereocenters. The Morgan fingerprint density at radius 3 is 2.61 bits per heavy atom. The highest BCUT2D eigenvalue weighted by molar-refractivity contribution is 9.10. The summed E-state index contributed by atoms with van der Waals surface area (Å²) in [4.78, 5) is 0. The number of nitrogens with one attached hydrogen (secondary N) is 1. The summed E-state index contributed by atoms with van der Waals surface area (Å²) < 4.78 is 19.4. The third-order valence-corrected chi connectivity index (χ3v) is 3.63. The van der Waals surface area contributed by atoms with E-state index in [0.29, 0.717) is 4.47 Å². The number of ether oxygens (including phenoxy) is 1. The van der Waals surface area contributed by atoms with Gasteiger partial charge in [-0.05, 0) is 67.7 Å². The number of methoxy groups -OCH3 is 1. The van der Waals surface area contributed by atoms with E-state index in [0.717, 1.165) is 17.7 Å². The lowest BCUT2D eigenvalue weighted by Gasteiger charge is -2.28. The first-order valence-corrected chi connectivity index (χ1v) is 6.82. The van der Waals surface area contributed by atoms with E-state index in [1.54, 1.807) is 13.2 Å². The number of halogens is 2. The molecule has 4 heteroatoms. The molecule has 18 heavy (non-hydrogen) atoms. The minimum Gasteiger partial charge on any atom is -0.382 e. The van der Waals surface area contributed by atoms with Crippen molar-refractivity contribution in [1.82, 2.24) is 0 Å². The number of hydrogen-bond donors (Lipinski definition) is 1. The fourth-order valence-electron chi connectivity index (χ4n) is 1.94. The molecule has 0 amide bonds. The highest BCUT2D eigenvalue weighted by Gasteiger charge is 2.20. The van der Waals surface area contributed by atoms with Crippen molar-refractivity contribution in [2.75, 3.05) is 12.4 Å². The van der Waals surface area contributed by atoms with Crippen LogP contribution in [0.25, 0.3) is 0 Å². The Hall–Kier alpha value is -0.610. The zero-order valence-corrected chi connectivity index (χ0v) is 13.2. The fourth-order valence-corrected chi connectivity index (χ4v) is 2.40. The van der Waals surface area contributed by atoms with Crippen molar-refractivity contribution in [3.05, 3.63) is 28.0 Å². The minimum atomic E-state index is -0.249. The van der Waals surface area contributed by atoms with Crippen LogP contribution in [0.5, 0.6) is 0 Å². The van der Waals surface area contributed by atoms with Gasteiger partial charge in [-0.2, -0.15) is 0 Å². The molecule has 2 nitrogen and oxygen atoms in total. The third kappa shape index (κ3) is 4.25. The molecule has 0 bridgehead atoms. The number of aryl methyl sites for hydroxylation is 1. The second-order valence-electron chi connectivity index (χ2n) is 5.29. The van der Waals surface area contributed by atoms with Crippen LogP contribution in [-0.2, 0) is 4.74 Å². The highest BCUT2D eigenvalue weighted by Crippen LogP contribution is 2.26. The second-order valence-corrected chi connectivity index (χ2v) is 6.15. The van der Waals surface area contributed by atoms with Crippen molar-refractivity contribution in [3.63, 3.8) is 0 Å². The van der Waals surface area contributed by atoms with Crippen molar-refractivity contribution in [1.29, 1.82) is 0 Å². The van der Waals surface area contributed by atoms with Crippen LogP contribution in [0.4, 0.5) is 10.1 Å². The standard InChI is InChI=1S/C14H21BrFNO/c1-9-6-11(15)12(16)7-13(9)17-10(2)8-14(3,4)18-5/h6-7,10,17H,8H2,1-5H3. The lowest BCUT2D eigenvalue weighted by Crippen LogP contribution is -2.31. The SMILES string of the molecule is COC(C)(C)CC(C)Nc1cc(F)c(Br)cc1C. The van der Waals surface area contributed by atoms with Gasteiger partial charge < -0.3 is 10.1 Å². The van der Waals surface area contributed by atoms with E-state index in [2.05, 4.69) is 28.2 Å². The molecule has 0 spiro atoms. The van der Waals surface area contributed by atoms with Crippen LogP contribution in [0, 0.1) is 12.7 Å². The van der Waals surface area contributed by atoms with Gasteiger partial charge >= 0.3 is 0 Å². The molecule has 0 saturated carbocycles. The molecule has 0 heterocycles. The Balaban J connectivity index is 2.76. The van der Waals surface area contributed by atoms with Crippen LogP contribution >= 0.6 is 15.9 Å². The Kier molecular flexibility index (Phi) is 5.17. The summed E-state index contributed by atoms with van der Waals surface area (Å²) in [6, 6.07) is 3.51. The second kappa shape index (κ2) is 6.02. The maximum Gasteiger partial charge on any atom is 0.139 e. The lowest BCUT2D eigenvalue weighted by molar-refractivity contribution is 0.0128. The van der Waals surface area contributed by atoms with Crippen LogP contribution in [-0.4, -0.2) is 18.8 Å². The maximum absolute atomic E-state index is 13.5. The van der Waals surface area contributed by atoms with E-state index < -0.39 is 0 Å². The molecular formula is C14H21BrFNO. The third-order valence-electron chi connectivity index (χ3n) is 3.02. The molecule has 1 rings (SSSR count). The van der Waals surface area contributed by atoms with Crippen LogP contribution < -0.4 is 5.32 Å². The molecule has 0 aliphatic carbocycles. The van der Waals surface area contributed by atoms with Crippen molar-refractivity contribution in [2.24, 2.45) is 0 Å². The monoisotopic (exact) mass is 317 g/mol. The van der Waals surface area contributed by atoms with Gasteiger partial charge in [-0.1, -0.05) is 0 Å². The molecule has 0 aliphatic heterocycles. The predicted molar refractivity (Wildman–Crippen MR) is 77.6 cm³/mol. The Labute approximate surface area is 117 Å². The van der Waals surface area contributed by atoms with E-state index in [1.165, 1.54) is 6.07 Å². The van der Waals surface area contributed by atoms with E-state index in [-0.39, 0.29) is 17.5 Å². The van der Waals surface area contributed by atoms with E-state index in [9.17, 15) is 4.39 Å². The van der Waals surface area contributed by atoms with Gasteiger partial charge in [-0.25, -0.2) is 4.39 Å². The maximum atomic E-state index is 13.5. The van der Waals surface area contributed by atoms with Gasteiger partial charge in [0.15, 0.2) is 0 Å². The number of rotatable bonds is 5. The van der Waals surface area contributed by atoms with Crippen LogP contribution in [0.2, 0.25) is 0 Å². The minimum absolute atomic E-state index is 0.186. The topological polar surface area (TPSA) is 21.3 Å². The molecule has 0 fully saturated rings. The van der Waals surface area contributed by atoms with Gasteiger partial charge in [-0.15, -0.1) is 0 Å². The van der Waals surface area contributed by atoms with Crippen molar-refractivity contribution >= 4 is 21.6 Å². The summed E-state index contributed by atoms with van der Waals surface area (Å²) in [7, 11) is 1.71. The normalized spacial score (nSPS) is 13.5. The fraction of sp³-hybridized carbons (Fsp3) is 0.571. The summed E-state index contributed by atoms with van der Waals surface area (Å²) in [5, 5.41) is 3.33. The molecule has 0 saturated heterocycles. The van der Waals surface area contributed by atoms with Crippen molar-refractivity contribution < 1.29 is 9.13 Å². The van der Waals surface area contributed by atoms with E-state index >= 15 is 0 Å². The van der Waals surface area contributed by atoms with Gasteiger partial charge in [0, 0.05) is 18.8 Å². The lowest BCUT2D eigenvalue weighted by atomic mass is 9.99. The summed E-state index contributed by atoms with van der Waals surface area (Å²) >= 11 is 3.18. The quantitative estimate of drug-likeness (QED) is 0.862. The molecule has 0 aromatic heterocycles. The average Bonchev–Trinajstić information content (AvgIpc) is 2.25. The number of benzene rings is 1. The average molecular weight is 318 g/mol. The van der Waals surface area contributed by atoms with Gasteiger partial charge in [0.25, 0.3) is 0 Å². The Bertz CT molecular complexity index is 421. The zero-order valence-electron chi connectivity index (χ0n) is 11.6. The highest BCUT2D eigenvalue weighted by atomic mass is 79.9. The molecular weight excluding hydrogens is 297 g/mol. The van der Waals surface area contributed by atoms with Gasteiger partial charge in [0.05, 0.1) is 10.1 Å². The largest absolute Gasteiger partial charge is 0.382 e. The van der Waals surface area contributed by atoms with Crippen LogP contribution in [0.3, 0.4) is 0 Å². The van der Waals surface area contributed by atoms with Gasteiger partial charge in [0.1, 0.15) is 5.82 Å². The Morgan fingerprint density at radius 2 is 2.06 bits per heavy atom. The molecule has 1 unspecified atom stereocenters. The summed E-state index contributed by atoms with van der Waals surface area (Å²) in [5.41, 5.74) is 1.66. The first-order valence-electron chi connectivity index (χ1n) is 6.02. The molecule has 0 radical (unpaired) electrons. The van der Waals surface area contributed by atoms with E-state index in [4.69, 9.17) is 4.74 Å². The molecule has 102 valence electrons. The number of hydrogen-bond acceptors (Lipinski definition) is 2. The summed E-state index contributed by atoms with van der Waals surface area (Å²) in [5.74, 6) is -0.249. The molecule has 1 N–H and O–H groups in total. The van der Waals surface area contributed by atoms with E-state index in [1.807, 2.05) is 20.8 Å². The molecule has 0 aliphatic rings. The first-order chi connectivity index (χ1) is 8.25. The zero-order chi connectivity index (χ0) is 13.9. The first kappa shape index (κ1) is 15.4. The van der Waals surface area contributed by atoms with Crippen molar-refractivity contribution in [2.45, 2.75) is 45.8 Å². The van der Waals surface area contributed by atoms with Crippen LogP contribution in [0.15, 0.2) is 16.6 Å².